The van der Waals surface area contributed by atoms with Crippen LogP contribution in [0.3, 0.4) is 0 Å². The highest BCUT2D eigenvalue weighted by Crippen LogP contribution is 2.35. The molecule has 30 heavy (non-hydrogen) atoms. The molecule has 9 heteroatoms. The van der Waals surface area contributed by atoms with E-state index in [9.17, 15) is 14.0 Å². The largest absolute Gasteiger partial charge is 0.477 e. The Kier molecular flexibility index (Phi) is 6.09. The fraction of sp³-hybridized carbons (Fsp3) is 0.381. The molecule has 1 aromatic heterocycles. The number of rotatable bonds is 7. The summed E-state index contributed by atoms with van der Waals surface area (Å²) >= 11 is 0. The van der Waals surface area contributed by atoms with E-state index < -0.39 is 11.4 Å². The van der Waals surface area contributed by atoms with Crippen LogP contribution in [-0.4, -0.2) is 46.2 Å². The highest BCUT2D eigenvalue weighted by atomic mass is 19.1. The molecule has 1 atom stereocenters. The van der Waals surface area contributed by atoms with Crippen LogP contribution in [0.1, 0.15) is 48.3 Å². The number of nitrogens with zero attached hydrogens (tertiary/aromatic N) is 4. The smallest absolute Gasteiger partial charge is 0.232 e. The number of benzene rings is 1. The van der Waals surface area contributed by atoms with E-state index in [2.05, 4.69) is 15.0 Å². The normalized spacial score (nSPS) is 18.9. The van der Waals surface area contributed by atoms with Crippen molar-refractivity contribution in [1.29, 1.82) is 0 Å². The number of guanidine groups is 1. The molecule has 0 fully saturated rings. The van der Waals surface area contributed by atoms with Crippen molar-refractivity contribution in [2.24, 2.45) is 10.7 Å². The standard InChI is InChI=1S/C21H24FN5O3/c1-4-7-30-18-12-24-16(11-25-18)17(28)9-13-5-6-15(22)14(8-13)21(2)10-19(29)27(3)20(23)26-21/h5-6,8,11-12H,4,7,9-10H2,1-3H3,(H2,23,26). The molecule has 0 bridgehead atoms. The molecular weight excluding hydrogens is 389 g/mol. The van der Waals surface area contributed by atoms with Gasteiger partial charge in [0.25, 0.3) is 0 Å². The van der Waals surface area contributed by atoms with Gasteiger partial charge >= 0.3 is 0 Å². The Hall–Kier alpha value is -3.36. The van der Waals surface area contributed by atoms with Gasteiger partial charge < -0.3 is 10.5 Å². The van der Waals surface area contributed by atoms with Gasteiger partial charge in [-0.2, -0.15) is 0 Å². The van der Waals surface area contributed by atoms with Crippen LogP contribution in [0.15, 0.2) is 35.6 Å². The van der Waals surface area contributed by atoms with E-state index in [1.807, 2.05) is 6.92 Å². The van der Waals surface area contributed by atoms with E-state index in [0.29, 0.717) is 18.1 Å². The van der Waals surface area contributed by atoms with Crippen LogP contribution in [0.5, 0.6) is 5.88 Å². The predicted octanol–water partition coefficient (Wildman–Crippen LogP) is 2.22. The van der Waals surface area contributed by atoms with Crippen LogP contribution in [0.4, 0.5) is 4.39 Å². The monoisotopic (exact) mass is 413 g/mol. The molecule has 8 nitrogen and oxygen atoms in total. The second-order valence-corrected chi connectivity index (χ2v) is 7.38. The van der Waals surface area contributed by atoms with E-state index in [-0.39, 0.29) is 41.7 Å². The summed E-state index contributed by atoms with van der Waals surface area (Å²) in [5, 5.41) is 0. The van der Waals surface area contributed by atoms with E-state index >= 15 is 0 Å². The minimum absolute atomic E-state index is 0.000247. The summed E-state index contributed by atoms with van der Waals surface area (Å²) in [5.41, 5.74) is 5.66. The lowest BCUT2D eigenvalue weighted by Gasteiger charge is -2.34. The van der Waals surface area contributed by atoms with Crippen molar-refractivity contribution in [2.75, 3.05) is 13.7 Å². The second-order valence-electron chi connectivity index (χ2n) is 7.38. The van der Waals surface area contributed by atoms with Crippen molar-refractivity contribution < 1.29 is 18.7 Å². The van der Waals surface area contributed by atoms with Crippen LogP contribution in [0.25, 0.3) is 0 Å². The first-order valence-corrected chi connectivity index (χ1v) is 9.62. The molecule has 1 aromatic carbocycles. The lowest BCUT2D eigenvalue weighted by atomic mass is 9.85. The number of ketones is 1. The maximum atomic E-state index is 14.6. The van der Waals surface area contributed by atoms with E-state index in [0.717, 1.165) is 6.42 Å². The van der Waals surface area contributed by atoms with Gasteiger partial charge in [0, 0.05) is 19.0 Å². The topological polar surface area (TPSA) is 111 Å². The first kappa shape index (κ1) is 21.4. The molecule has 2 N–H and O–H groups in total. The summed E-state index contributed by atoms with van der Waals surface area (Å²) in [6.07, 6.45) is 3.58. The Morgan fingerprint density at radius 3 is 2.73 bits per heavy atom. The Bertz CT molecular complexity index is 993. The Labute approximate surface area is 174 Å². The zero-order valence-corrected chi connectivity index (χ0v) is 17.2. The summed E-state index contributed by atoms with van der Waals surface area (Å²) in [6, 6.07) is 4.34. The first-order valence-electron chi connectivity index (χ1n) is 9.62. The minimum atomic E-state index is -1.14. The van der Waals surface area contributed by atoms with Crippen molar-refractivity contribution >= 4 is 17.6 Å². The fourth-order valence-electron chi connectivity index (χ4n) is 3.18. The molecule has 3 rings (SSSR count). The molecule has 1 unspecified atom stereocenters. The number of hydrogen-bond donors (Lipinski definition) is 1. The Balaban J connectivity index is 1.82. The number of aromatic nitrogens is 2. The first-order chi connectivity index (χ1) is 14.2. The van der Waals surface area contributed by atoms with Crippen LogP contribution >= 0.6 is 0 Å². The molecule has 2 aromatic rings. The summed E-state index contributed by atoms with van der Waals surface area (Å²) < 4.78 is 20.0. The number of amides is 1. The average molecular weight is 413 g/mol. The minimum Gasteiger partial charge on any atom is -0.477 e. The predicted molar refractivity (Wildman–Crippen MR) is 109 cm³/mol. The third kappa shape index (κ3) is 4.45. The van der Waals surface area contributed by atoms with E-state index in [1.54, 1.807) is 13.0 Å². The van der Waals surface area contributed by atoms with Gasteiger partial charge in [-0.1, -0.05) is 13.0 Å². The van der Waals surface area contributed by atoms with Crippen molar-refractivity contribution in [3.8, 4) is 5.88 Å². The molecule has 0 spiro atoms. The summed E-state index contributed by atoms with van der Waals surface area (Å²) in [7, 11) is 1.52. The lowest BCUT2D eigenvalue weighted by molar-refractivity contribution is -0.128. The van der Waals surface area contributed by atoms with Crippen molar-refractivity contribution in [1.82, 2.24) is 14.9 Å². The third-order valence-electron chi connectivity index (χ3n) is 4.92. The summed E-state index contributed by atoms with van der Waals surface area (Å²) in [6.45, 7) is 4.14. The SMILES string of the molecule is CCCOc1cnc(C(=O)Cc2ccc(F)c(C3(C)CC(=O)N(C)C(N)=N3)c2)cn1. The van der Waals surface area contributed by atoms with Gasteiger partial charge in [-0.25, -0.2) is 19.4 Å². The zero-order chi connectivity index (χ0) is 21.9. The number of carbonyl (C=O) groups excluding carboxylic acids is 2. The van der Waals surface area contributed by atoms with Crippen molar-refractivity contribution in [3.63, 3.8) is 0 Å². The molecule has 0 saturated carbocycles. The number of halogens is 1. The lowest BCUT2D eigenvalue weighted by Crippen LogP contribution is -2.47. The van der Waals surface area contributed by atoms with Crippen molar-refractivity contribution in [2.45, 2.75) is 38.6 Å². The van der Waals surface area contributed by atoms with Crippen LogP contribution in [-0.2, 0) is 16.8 Å². The summed E-state index contributed by atoms with van der Waals surface area (Å²) in [5.74, 6) is -0.663. The molecule has 1 aliphatic rings. The van der Waals surface area contributed by atoms with Crippen LogP contribution < -0.4 is 10.5 Å². The highest BCUT2D eigenvalue weighted by Gasteiger charge is 2.38. The molecule has 1 aliphatic heterocycles. The number of aliphatic imine (C=N–C) groups is 1. The van der Waals surface area contributed by atoms with Gasteiger partial charge in [0.2, 0.25) is 11.8 Å². The molecule has 2 heterocycles. The fourth-order valence-corrected chi connectivity index (χ4v) is 3.18. The molecule has 158 valence electrons. The van der Waals surface area contributed by atoms with Gasteiger partial charge in [-0.15, -0.1) is 0 Å². The second kappa shape index (κ2) is 8.56. The van der Waals surface area contributed by atoms with Gasteiger partial charge in [-0.05, 0) is 31.0 Å². The third-order valence-corrected chi connectivity index (χ3v) is 4.92. The average Bonchev–Trinajstić information content (AvgIpc) is 2.72. The molecule has 0 radical (unpaired) electrons. The number of hydrogen-bond acceptors (Lipinski definition) is 7. The maximum absolute atomic E-state index is 14.6. The van der Waals surface area contributed by atoms with Gasteiger partial charge in [0.15, 0.2) is 11.7 Å². The molecular formula is C21H24FN5O3. The maximum Gasteiger partial charge on any atom is 0.232 e. The van der Waals surface area contributed by atoms with Crippen molar-refractivity contribution in [3.05, 3.63) is 53.2 Å². The highest BCUT2D eigenvalue weighted by molar-refractivity contribution is 5.99. The Morgan fingerprint density at radius 1 is 1.33 bits per heavy atom. The molecule has 0 aliphatic carbocycles. The van der Waals surface area contributed by atoms with E-state index in [4.69, 9.17) is 10.5 Å². The van der Waals surface area contributed by atoms with Gasteiger partial charge in [0.1, 0.15) is 11.5 Å². The number of carbonyl (C=O) groups is 2. The number of Topliss-reactive ketones (excluding diaryl/α,β-unsaturated/α-hetero) is 1. The van der Waals surface area contributed by atoms with Gasteiger partial charge in [-0.3, -0.25) is 14.5 Å². The molecule has 0 saturated heterocycles. The van der Waals surface area contributed by atoms with Crippen LogP contribution in [0.2, 0.25) is 0 Å². The number of nitrogens with two attached hydrogens (primary N) is 1. The zero-order valence-electron chi connectivity index (χ0n) is 17.2. The van der Waals surface area contributed by atoms with E-state index in [1.165, 1.54) is 36.5 Å². The van der Waals surface area contributed by atoms with Crippen LogP contribution in [0, 0.1) is 5.82 Å². The number of ether oxygens (including phenoxy) is 1. The quantitative estimate of drug-likeness (QED) is 0.697. The van der Waals surface area contributed by atoms with Gasteiger partial charge in [0.05, 0.1) is 31.0 Å². The molecule has 1 amide bonds. The Morgan fingerprint density at radius 2 is 2.10 bits per heavy atom. The summed E-state index contributed by atoms with van der Waals surface area (Å²) in [4.78, 5) is 38.5.